The van der Waals surface area contributed by atoms with Crippen LogP contribution >= 0.6 is 15.9 Å². The van der Waals surface area contributed by atoms with Crippen LogP contribution in [0.4, 0.5) is 0 Å². The van der Waals surface area contributed by atoms with Crippen molar-refractivity contribution in [2.75, 3.05) is 13.7 Å². The van der Waals surface area contributed by atoms with Crippen LogP contribution in [0, 0.1) is 5.92 Å². The molecule has 1 saturated heterocycles. The first-order valence-electron chi connectivity index (χ1n) is 6.20. The van der Waals surface area contributed by atoms with Crippen LogP contribution in [0.2, 0.25) is 0 Å². The third-order valence-electron chi connectivity index (χ3n) is 3.30. The van der Waals surface area contributed by atoms with Crippen LogP contribution in [-0.2, 0) is 19.1 Å². The molecule has 1 heterocycles. The van der Waals surface area contributed by atoms with Gasteiger partial charge in [0.05, 0.1) is 12.6 Å². The number of hydrogen-bond acceptors (Lipinski definition) is 4. The largest absolute Gasteiger partial charge is 0.465 e. The number of benzene rings is 1. The Morgan fingerprint density at radius 3 is 2.45 bits per heavy atom. The Bertz CT molecular complexity index is 555. The summed E-state index contributed by atoms with van der Waals surface area (Å²) in [4.78, 5) is 37.1. The van der Waals surface area contributed by atoms with Crippen molar-refractivity contribution in [3.63, 3.8) is 0 Å². The fourth-order valence-electron chi connectivity index (χ4n) is 2.34. The number of Topliss-reactive ketones (excluding diaryl/α,β-unsaturated/α-hetero) is 1. The average molecular weight is 340 g/mol. The highest BCUT2D eigenvalue weighted by atomic mass is 79.9. The van der Waals surface area contributed by atoms with E-state index in [1.165, 1.54) is 11.9 Å². The summed E-state index contributed by atoms with van der Waals surface area (Å²) in [5, 5.41) is 0. The van der Waals surface area contributed by atoms with Crippen LogP contribution < -0.4 is 0 Å². The quantitative estimate of drug-likeness (QED) is 0.477. The SMILES string of the molecule is CCOC(=O)[C@H]1C(=O)C(=O)N(C)[C@@H]1c1ccc(Br)cc1. The first kappa shape index (κ1) is 14.7. The normalized spacial score (nSPS) is 22.2. The molecule has 20 heavy (non-hydrogen) atoms. The minimum Gasteiger partial charge on any atom is -0.465 e. The van der Waals surface area contributed by atoms with Gasteiger partial charge in [-0.3, -0.25) is 14.4 Å². The fourth-order valence-corrected chi connectivity index (χ4v) is 2.61. The van der Waals surface area contributed by atoms with E-state index in [0.29, 0.717) is 0 Å². The van der Waals surface area contributed by atoms with E-state index in [1.807, 2.05) is 0 Å². The summed E-state index contributed by atoms with van der Waals surface area (Å²) in [6, 6.07) is 6.56. The maximum Gasteiger partial charge on any atom is 0.319 e. The van der Waals surface area contributed by atoms with Crippen LogP contribution in [0.5, 0.6) is 0 Å². The number of nitrogens with zero attached hydrogens (tertiary/aromatic N) is 1. The summed E-state index contributed by atoms with van der Waals surface area (Å²) in [5.74, 6) is -3.11. The maximum absolute atomic E-state index is 12.0. The zero-order valence-electron chi connectivity index (χ0n) is 11.1. The Morgan fingerprint density at radius 1 is 1.30 bits per heavy atom. The molecule has 1 aromatic rings. The molecule has 106 valence electrons. The maximum atomic E-state index is 12.0. The van der Waals surface area contributed by atoms with Crippen LogP contribution in [-0.4, -0.2) is 36.2 Å². The molecule has 2 atom stereocenters. The number of likely N-dealkylation sites (N-methyl/N-ethyl adjacent to an activating group) is 1. The predicted molar refractivity (Wildman–Crippen MR) is 74.8 cm³/mol. The van der Waals surface area contributed by atoms with E-state index in [0.717, 1.165) is 10.0 Å². The lowest BCUT2D eigenvalue weighted by Gasteiger charge is -2.23. The summed E-state index contributed by atoms with van der Waals surface area (Å²) in [6.45, 7) is 1.84. The predicted octanol–water partition coefficient (Wildman–Crippen LogP) is 1.71. The van der Waals surface area contributed by atoms with Gasteiger partial charge in [0.1, 0.15) is 5.92 Å². The summed E-state index contributed by atoms with van der Waals surface area (Å²) in [5.41, 5.74) is 0.730. The van der Waals surface area contributed by atoms with Gasteiger partial charge in [-0.05, 0) is 24.6 Å². The smallest absolute Gasteiger partial charge is 0.319 e. The van der Waals surface area contributed by atoms with E-state index in [-0.39, 0.29) is 6.61 Å². The third-order valence-corrected chi connectivity index (χ3v) is 3.83. The molecule has 0 aromatic heterocycles. The van der Waals surface area contributed by atoms with Gasteiger partial charge in [0, 0.05) is 11.5 Å². The van der Waals surface area contributed by atoms with Crippen molar-refractivity contribution in [2.45, 2.75) is 13.0 Å². The first-order valence-corrected chi connectivity index (χ1v) is 6.99. The number of likely N-dealkylation sites (tertiary alicyclic amines) is 1. The average Bonchev–Trinajstić information content (AvgIpc) is 2.64. The number of carbonyl (C=O) groups excluding carboxylic acids is 3. The standard InChI is InChI=1S/C14H14BrNO4/c1-3-20-14(19)10-11(16(2)13(18)12(10)17)8-4-6-9(15)7-5-8/h4-7,10-11H,3H2,1-2H3/t10-,11-/m1/s1. The molecule has 1 aliphatic rings. The van der Waals surface area contributed by atoms with E-state index in [2.05, 4.69) is 15.9 Å². The molecule has 0 N–H and O–H groups in total. The number of amides is 1. The van der Waals surface area contributed by atoms with Crippen molar-refractivity contribution in [1.29, 1.82) is 0 Å². The molecule has 6 heteroatoms. The van der Waals surface area contributed by atoms with E-state index in [4.69, 9.17) is 4.74 Å². The Balaban J connectivity index is 2.41. The van der Waals surface area contributed by atoms with Gasteiger partial charge < -0.3 is 9.64 Å². The lowest BCUT2D eigenvalue weighted by Crippen LogP contribution is -2.28. The second-order valence-corrected chi connectivity index (χ2v) is 5.42. The van der Waals surface area contributed by atoms with E-state index < -0.39 is 29.6 Å². The number of rotatable bonds is 3. The third kappa shape index (κ3) is 2.47. The Labute approximate surface area is 125 Å². The molecule has 0 unspecified atom stereocenters. The molecule has 5 nitrogen and oxygen atoms in total. The summed E-state index contributed by atoms with van der Waals surface area (Å²) in [7, 11) is 1.52. The van der Waals surface area contributed by atoms with Gasteiger partial charge in [-0.1, -0.05) is 28.1 Å². The number of ketones is 1. The zero-order valence-corrected chi connectivity index (χ0v) is 12.7. The minimum atomic E-state index is -1.09. The number of ether oxygens (including phenoxy) is 1. The highest BCUT2D eigenvalue weighted by Gasteiger charge is 2.50. The van der Waals surface area contributed by atoms with Crippen molar-refractivity contribution < 1.29 is 19.1 Å². The highest BCUT2D eigenvalue weighted by molar-refractivity contribution is 9.10. The first-order chi connectivity index (χ1) is 9.47. The van der Waals surface area contributed by atoms with Crippen molar-refractivity contribution >= 4 is 33.6 Å². The number of esters is 1. The van der Waals surface area contributed by atoms with E-state index in [1.54, 1.807) is 31.2 Å². The summed E-state index contributed by atoms with van der Waals surface area (Å²) >= 11 is 3.32. The molecule has 0 bridgehead atoms. The molecule has 2 rings (SSSR count). The van der Waals surface area contributed by atoms with Crippen LogP contribution in [0.25, 0.3) is 0 Å². The van der Waals surface area contributed by atoms with E-state index >= 15 is 0 Å². The monoisotopic (exact) mass is 339 g/mol. The summed E-state index contributed by atoms with van der Waals surface area (Å²) in [6.07, 6.45) is 0. The van der Waals surface area contributed by atoms with Crippen molar-refractivity contribution in [3.05, 3.63) is 34.3 Å². The molecule has 0 aliphatic carbocycles. The van der Waals surface area contributed by atoms with Crippen molar-refractivity contribution in [1.82, 2.24) is 4.90 Å². The lowest BCUT2D eigenvalue weighted by molar-refractivity contribution is -0.152. The molecule has 0 saturated carbocycles. The Hall–Kier alpha value is -1.69. The molecule has 0 spiro atoms. The van der Waals surface area contributed by atoms with Crippen LogP contribution in [0.15, 0.2) is 28.7 Å². The molecular weight excluding hydrogens is 326 g/mol. The lowest BCUT2D eigenvalue weighted by atomic mass is 9.93. The van der Waals surface area contributed by atoms with Gasteiger partial charge in [0.15, 0.2) is 0 Å². The molecular formula is C14H14BrNO4. The van der Waals surface area contributed by atoms with E-state index in [9.17, 15) is 14.4 Å². The fraction of sp³-hybridized carbons (Fsp3) is 0.357. The molecule has 1 aromatic carbocycles. The second kappa shape index (κ2) is 5.75. The van der Waals surface area contributed by atoms with Crippen LogP contribution in [0.3, 0.4) is 0 Å². The minimum absolute atomic E-state index is 0.174. The van der Waals surface area contributed by atoms with Gasteiger partial charge in [-0.15, -0.1) is 0 Å². The van der Waals surface area contributed by atoms with Crippen molar-refractivity contribution in [3.8, 4) is 0 Å². The molecule has 1 aliphatic heterocycles. The topological polar surface area (TPSA) is 63.7 Å². The number of carbonyl (C=O) groups is 3. The van der Waals surface area contributed by atoms with Gasteiger partial charge in [0.25, 0.3) is 5.91 Å². The second-order valence-electron chi connectivity index (χ2n) is 4.51. The number of hydrogen-bond donors (Lipinski definition) is 0. The zero-order chi connectivity index (χ0) is 14.9. The van der Waals surface area contributed by atoms with Gasteiger partial charge in [0.2, 0.25) is 5.78 Å². The number of halogens is 1. The van der Waals surface area contributed by atoms with Gasteiger partial charge in [-0.2, -0.15) is 0 Å². The van der Waals surface area contributed by atoms with Gasteiger partial charge in [-0.25, -0.2) is 0 Å². The van der Waals surface area contributed by atoms with Crippen LogP contribution in [0.1, 0.15) is 18.5 Å². The van der Waals surface area contributed by atoms with Gasteiger partial charge >= 0.3 is 5.97 Å². The Kier molecular flexibility index (Phi) is 4.23. The highest BCUT2D eigenvalue weighted by Crippen LogP contribution is 2.36. The Morgan fingerprint density at radius 2 is 1.90 bits per heavy atom. The summed E-state index contributed by atoms with van der Waals surface area (Å²) < 4.78 is 5.80. The molecule has 1 amide bonds. The molecule has 1 fully saturated rings. The molecule has 0 radical (unpaired) electrons. The van der Waals surface area contributed by atoms with Crippen molar-refractivity contribution in [2.24, 2.45) is 5.92 Å².